The van der Waals surface area contributed by atoms with Crippen molar-refractivity contribution >= 4 is 11.5 Å². The molecule has 0 unspecified atom stereocenters. The quantitative estimate of drug-likeness (QED) is 0.736. The zero-order chi connectivity index (χ0) is 11.3. The predicted octanol–water partition coefficient (Wildman–Crippen LogP) is 2.64. The molecular formula is C12H15N3. The van der Waals surface area contributed by atoms with E-state index in [1.807, 2.05) is 25.1 Å². The van der Waals surface area contributed by atoms with E-state index in [-0.39, 0.29) is 0 Å². The lowest BCUT2D eigenvalue weighted by Crippen LogP contribution is -2.01. The summed E-state index contributed by atoms with van der Waals surface area (Å²) in [5.41, 5.74) is 8.01. The number of nitrogens with zero attached hydrogens (tertiary/aromatic N) is 1. The Morgan fingerprint density at radius 2 is 2.20 bits per heavy atom. The molecule has 0 bridgehead atoms. The number of nitrogens with one attached hydrogen (secondary N) is 1. The Morgan fingerprint density at radius 3 is 2.73 bits per heavy atom. The first-order chi connectivity index (χ1) is 7.17. The molecule has 3 nitrogen and oxygen atoms in total. The highest BCUT2D eigenvalue weighted by molar-refractivity contribution is 5.52. The predicted molar refractivity (Wildman–Crippen MR) is 65.5 cm³/mol. The maximum Gasteiger partial charge on any atom is 0.130 e. The second-order valence-electron chi connectivity index (χ2n) is 3.06. The van der Waals surface area contributed by atoms with Crippen molar-refractivity contribution in [1.82, 2.24) is 4.98 Å². The van der Waals surface area contributed by atoms with Gasteiger partial charge >= 0.3 is 0 Å². The van der Waals surface area contributed by atoms with Crippen molar-refractivity contribution < 1.29 is 0 Å². The molecule has 0 fully saturated rings. The van der Waals surface area contributed by atoms with Crippen LogP contribution in [0.5, 0.6) is 0 Å². The monoisotopic (exact) mass is 201 g/mol. The van der Waals surface area contributed by atoms with Crippen LogP contribution in [-0.4, -0.2) is 4.98 Å². The van der Waals surface area contributed by atoms with E-state index in [1.54, 1.807) is 12.2 Å². The van der Waals surface area contributed by atoms with Gasteiger partial charge in [-0.3, -0.25) is 0 Å². The van der Waals surface area contributed by atoms with Crippen molar-refractivity contribution in [2.75, 3.05) is 11.1 Å². The fraction of sp³-hybridized carbons (Fsp3) is 0.0833. The third-order valence-corrected chi connectivity index (χ3v) is 1.92. The average Bonchev–Trinajstić information content (AvgIpc) is 2.23. The molecule has 0 aliphatic rings. The number of nitrogens with two attached hydrogens (primary N) is 1. The maximum atomic E-state index is 5.67. The second kappa shape index (κ2) is 5.00. The van der Waals surface area contributed by atoms with E-state index in [0.29, 0.717) is 5.69 Å². The van der Waals surface area contributed by atoms with Crippen LogP contribution in [0.1, 0.15) is 5.69 Å². The Kier molecular flexibility index (Phi) is 3.68. The summed E-state index contributed by atoms with van der Waals surface area (Å²) in [5, 5.41) is 3.10. The van der Waals surface area contributed by atoms with Crippen LogP contribution in [0.4, 0.5) is 11.5 Å². The van der Waals surface area contributed by atoms with E-state index in [1.165, 1.54) is 0 Å². The highest BCUT2D eigenvalue weighted by atomic mass is 15.0. The topological polar surface area (TPSA) is 50.9 Å². The molecule has 0 radical (unpaired) electrons. The first-order valence-electron chi connectivity index (χ1n) is 4.62. The van der Waals surface area contributed by atoms with Gasteiger partial charge in [-0.2, -0.15) is 0 Å². The van der Waals surface area contributed by atoms with E-state index in [0.717, 1.165) is 17.2 Å². The van der Waals surface area contributed by atoms with Gasteiger partial charge in [-0.25, -0.2) is 4.98 Å². The molecule has 0 aromatic carbocycles. The van der Waals surface area contributed by atoms with Gasteiger partial charge in [0.25, 0.3) is 0 Å². The molecule has 1 heterocycles. The number of pyridine rings is 1. The number of allylic oxidation sites excluding steroid dienone is 3. The minimum Gasteiger partial charge on any atom is -0.397 e. The molecule has 1 aromatic rings. The van der Waals surface area contributed by atoms with E-state index < -0.39 is 0 Å². The van der Waals surface area contributed by atoms with Crippen LogP contribution in [0, 0.1) is 6.92 Å². The fourth-order valence-corrected chi connectivity index (χ4v) is 1.08. The van der Waals surface area contributed by atoms with Crippen LogP contribution in [0.2, 0.25) is 0 Å². The number of aromatic nitrogens is 1. The van der Waals surface area contributed by atoms with Gasteiger partial charge in [0.05, 0.1) is 11.4 Å². The molecule has 0 aliphatic carbocycles. The summed E-state index contributed by atoms with van der Waals surface area (Å²) < 4.78 is 0. The minimum atomic E-state index is 0.688. The van der Waals surface area contributed by atoms with Gasteiger partial charge in [-0.05, 0) is 31.2 Å². The molecule has 0 aliphatic heterocycles. The van der Waals surface area contributed by atoms with Crippen LogP contribution < -0.4 is 11.1 Å². The van der Waals surface area contributed by atoms with Crippen LogP contribution in [-0.2, 0) is 0 Å². The van der Waals surface area contributed by atoms with Gasteiger partial charge in [-0.15, -0.1) is 0 Å². The molecule has 0 amide bonds. The molecule has 0 atom stereocenters. The Balaban J connectivity index is 2.89. The van der Waals surface area contributed by atoms with Gasteiger partial charge in [0.15, 0.2) is 0 Å². The summed E-state index contributed by atoms with van der Waals surface area (Å²) >= 11 is 0. The number of aryl methyl sites for hydroxylation is 1. The number of anilines is 2. The lowest BCUT2D eigenvalue weighted by Gasteiger charge is -2.07. The van der Waals surface area contributed by atoms with Gasteiger partial charge in [0, 0.05) is 5.70 Å². The zero-order valence-electron chi connectivity index (χ0n) is 8.83. The first kappa shape index (κ1) is 11.0. The molecule has 3 N–H and O–H groups in total. The summed E-state index contributed by atoms with van der Waals surface area (Å²) in [4.78, 5) is 4.28. The van der Waals surface area contributed by atoms with Gasteiger partial charge in [0.1, 0.15) is 5.82 Å². The standard InChI is InChI=1S/C12H15N3/c1-4-6-10(5-2)15-12-8-7-11(13)9(3)14-12/h4-8H,1-2,13H2,3H3,(H,14,15)/b10-6+. The Labute approximate surface area is 90.0 Å². The highest BCUT2D eigenvalue weighted by Gasteiger charge is 1.98. The largest absolute Gasteiger partial charge is 0.397 e. The van der Waals surface area contributed by atoms with Crippen molar-refractivity contribution in [1.29, 1.82) is 0 Å². The van der Waals surface area contributed by atoms with Crippen LogP contribution in [0.25, 0.3) is 0 Å². The van der Waals surface area contributed by atoms with Crippen molar-refractivity contribution in [3.8, 4) is 0 Å². The summed E-state index contributed by atoms with van der Waals surface area (Å²) in [6, 6.07) is 3.64. The molecule has 0 saturated heterocycles. The van der Waals surface area contributed by atoms with E-state index >= 15 is 0 Å². The molecule has 1 aromatic heterocycles. The summed E-state index contributed by atoms with van der Waals surface area (Å²) in [6.07, 6.45) is 5.21. The third-order valence-electron chi connectivity index (χ3n) is 1.92. The minimum absolute atomic E-state index is 0.688. The Morgan fingerprint density at radius 1 is 1.47 bits per heavy atom. The van der Waals surface area contributed by atoms with Crippen LogP contribution >= 0.6 is 0 Å². The summed E-state index contributed by atoms with van der Waals surface area (Å²) in [6.45, 7) is 9.17. The third kappa shape index (κ3) is 2.98. The number of hydrogen-bond donors (Lipinski definition) is 2. The molecular weight excluding hydrogens is 186 g/mol. The Bertz CT molecular complexity index is 405. The van der Waals surface area contributed by atoms with E-state index in [2.05, 4.69) is 23.5 Å². The van der Waals surface area contributed by atoms with E-state index in [9.17, 15) is 0 Å². The molecule has 78 valence electrons. The molecule has 0 spiro atoms. The van der Waals surface area contributed by atoms with Gasteiger partial charge < -0.3 is 11.1 Å². The molecule has 0 saturated carbocycles. The van der Waals surface area contributed by atoms with Gasteiger partial charge in [0.2, 0.25) is 0 Å². The molecule has 15 heavy (non-hydrogen) atoms. The average molecular weight is 201 g/mol. The second-order valence-corrected chi connectivity index (χ2v) is 3.06. The summed E-state index contributed by atoms with van der Waals surface area (Å²) in [7, 11) is 0. The number of rotatable bonds is 4. The molecule has 1 rings (SSSR count). The van der Waals surface area contributed by atoms with Crippen molar-refractivity contribution in [2.24, 2.45) is 0 Å². The van der Waals surface area contributed by atoms with Crippen LogP contribution in [0.3, 0.4) is 0 Å². The number of hydrogen-bond acceptors (Lipinski definition) is 3. The van der Waals surface area contributed by atoms with Crippen molar-refractivity contribution in [2.45, 2.75) is 6.92 Å². The normalized spacial score (nSPS) is 10.9. The Hall–Kier alpha value is -2.03. The highest BCUT2D eigenvalue weighted by Crippen LogP contribution is 2.13. The summed E-state index contributed by atoms with van der Waals surface area (Å²) in [5.74, 6) is 0.745. The van der Waals surface area contributed by atoms with Crippen molar-refractivity contribution in [3.63, 3.8) is 0 Å². The van der Waals surface area contributed by atoms with Gasteiger partial charge in [-0.1, -0.05) is 19.2 Å². The lowest BCUT2D eigenvalue weighted by molar-refractivity contribution is 1.19. The first-order valence-corrected chi connectivity index (χ1v) is 4.62. The van der Waals surface area contributed by atoms with Crippen molar-refractivity contribution in [3.05, 3.63) is 54.9 Å². The SMILES string of the molecule is C=C/C=C(\C=C)Nc1ccc(N)c(C)n1. The smallest absolute Gasteiger partial charge is 0.130 e. The molecule has 3 heteroatoms. The fourth-order valence-electron chi connectivity index (χ4n) is 1.08. The maximum absolute atomic E-state index is 5.67. The zero-order valence-corrected chi connectivity index (χ0v) is 8.83. The van der Waals surface area contributed by atoms with Crippen LogP contribution in [0.15, 0.2) is 49.2 Å². The number of nitrogen functional groups attached to an aromatic ring is 1. The lowest BCUT2D eigenvalue weighted by atomic mass is 10.3. The van der Waals surface area contributed by atoms with E-state index in [4.69, 9.17) is 5.73 Å².